The fourth-order valence-corrected chi connectivity index (χ4v) is 3.16. The second kappa shape index (κ2) is 6.49. The first-order valence-electron chi connectivity index (χ1n) is 7.19. The maximum atomic E-state index is 12.9. The lowest BCUT2D eigenvalue weighted by Gasteiger charge is -2.33. The van der Waals surface area contributed by atoms with Crippen molar-refractivity contribution in [2.75, 3.05) is 6.54 Å². The molecule has 2 rings (SSSR count). The van der Waals surface area contributed by atoms with Crippen LogP contribution in [0.2, 0.25) is 0 Å². The van der Waals surface area contributed by atoms with E-state index in [0.717, 1.165) is 18.4 Å². The van der Waals surface area contributed by atoms with E-state index in [4.69, 9.17) is 10.5 Å². The van der Waals surface area contributed by atoms with E-state index in [1.54, 1.807) is 12.1 Å². The summed E-state index contributed by atoms with van der Waals surface area (Å²) in [6, 6.07) is 6.46. The van der Waals surface area contributed by atoms with Gasteiger partial charge in [-0.05, 0) is 48.8 Å². The van der Waals surface area contributed by atoms with Gasteiger partial charge in [-0.15, -0.1) is 0 Å². The van der Waals surface area contributed by atoms with Crippen molar-refractivity contribution in [3.63, 3.8) is 0 Å². The van der Waals surface area contributed by atoms with Gasteiger partial charge in [0, 0.05) is 6.54 Å². The topological polar surface area (TPSA) is 35.2 Å². The lowest BCUT2D eigenvalue weighted by Crippen LogP contribution is -2.30. The zero-order chi connectivity index (χ0) is 13.8. The Bertz CT molecular complexity index is 382. The standard InChI is InChI=1S/C16H24FNO/c1-11-7-12(2)9-15(8-11)19-16(10-18)13-3-5-14(17)6-4-13/h3-6,11-12,15-16H,7-10,18H2,1-2H3. The number of hydrogen-bond donors (Lipinski definition) is 1. The quantitative estimate of drug-likeness (QED) is 0.901. The molecule has 0 aliphatic heterocycles. The van der Waals surface area contributed by atoms with Crippen LogP contribution in [0.15, 0.2) is 24.3 Å². The van der Waals surface area contributed by atoms with Gasteiger partial charge in [0.05, 0.1) is 12.2 Å². The molecule has 3 heteroatoms. The van der Waals surface area contributed by atoms with Crippen LogP contribution in [-0.2, 0) is 4.74 Å². The third-order valence-corrected chi connectivity index (χ3v) is 3.95. The zero-order valence-electron chi connectivity index (χ0n) is 11.8. The minimum atomic E-state index is -0.223. The highest BCUT2D eigenvalue weighted by molar-refractivity contribution is 5.19. The van der Waals surface area contributed by atoms with Crippen LogP contribution in [-0.4, -0.2) is 12.6 Å². The van der Waals surface area contributed by atoms with E-state index in [9.17, 15) is 4.39 Å². The molecule has 0 heterocycles. The van der Waals surface area contributed by atoms with Crippen molar-refractivity contribution in [3.05, 3.63) is 35.6 Å². The highest BCUT2D eigenvalue weighted by atomic mass is 19.1. The molecule has 106 valence electrons. The monoisotopic (exact) mass is 265 g/mol. The molecule has 0 radical (unpaired) electrons. The van der Waals surface area contributed by atoms with Crippen molar-refractivity contribution in [2.45, 2.75) is 45.3 Å². The summed E-state index contributed by atoms with van der Waals surface area (Å²) in [6.07, 6.45) is 3.63. The van der Waals surface area contributed by atoms with E-state index in [1.807, 2.05) is 0 Å². The summed E-state index contributed by atoms with van der Waals surface area (Å²) in [4.78, 5) is 0. The average molecular weight is 265 g/mol. The van der Waals surface area contributed by atoms with Crippen molar-refractivity contribution in [1.82, 2.24) is 0 Å². The van der Waals surface area contributed by atoms with Crippen LogP contribution < -0.4 is 5.73 Å². The number of ether oxygens (including phenoxy) is 1. The SMILES string of the molecule is CC1CC(C)CC(OC(CN)c2ccc(F)cc2)C1. The van der Waals surface area contributed by atoms with E-state index in [2.05, 4.69) is 13.8 Å². The maximum Gasteiger partial charge on any atom is 0.123 e. The summed E-state index contributed by atoms with van der Waals surface area (Å²) in [5.41, 5.74) is 6.78. The van der Waals surface area contributed by atoms with E-state index in [1.165, 1.54) is 18.6 Å². The third-order valence-electron chi connectivity index (χ3n) is 3.95. The van der Waals surface area contributed by atoms with Crippen molar-refractivity contribution in [3.8, 4) is 0 Å². The Kier molecular flexibility index (Phi) is 4.94. The molecular formula is C16H24FNO. The first kappa shape index (κ1) is 14.5. The van der Waals surface area contributed by atoms with Crippen LogP contribution in [0, 0.1) is 17.7 Å². The molecule has 1 aliphatic rings. The van der Waals surface area contributed by atoms with Crippen LogP contribution in [0.1, 0.15) is 44.8 Å². The van der Waals surface area contributed by atoms with Crippen molar-refractivity contribution in [2.24, 2.45) is 17.6 Å². The van der Waals surface area contributed by atoms with Gasteiger partial charge in [0.1, 0.15) is 5.82 Å². The summed E-state index contributed by atoms with van der Waals surface area (Å²) in [6.45, 7) is 4.99. The van der Waals surface area contributed by atoms with E-state index < -0.39 is 0 Å². The highest BCUT2D eigenvalue weighted by Gasteiger charge is 2.26. The maximum absolute atomic E-state index is 12.9. The lowest BCUT2D eigenvalue weighted by atomic mass is 9.81. The summed E-state index contributed by atoms with van der Waals surface area (Å²) < 4.78 is 19.1. The average Bonchev–Trinajstić information content (AvgIpc) is 2.36. The predicted molar refractivity (Wildman–Crippen MR) is 75.2 cm³/mol. The Morgan fingerprint density at radius 3 is 2.26 bits per heavy atom. The Morgan fingerprint density at radius 1 is 1.16 bits per heavy atom. The molecule has 1 saturated carbocycles. The van der Waals surface area contributed by atoms with Gasteiger partial charge in [-0.25, -0.2) is 4.39 Å². The first-order chi connectivity index (χ1) is 9.08. The summed E-state index contributed by atoms with van der Waals surface area (Å²) in [5.74, 6) is 1.19. The van der Waals surface area contributed by atoms with Gasteiger partial charge >= 0.3 is 0 Å². The Labute approximate surface area is 115 Å². The van der Waals surface area contributed by atoms with Gasteiger partial charge in [0.25, 0.3) is 0 Å². The van der Waals surface area contributed by atoms with Gasteiger partial charge in [0.15, 0.2) is 0 Å². The van der Waals surface area contributed by atoms with Gasteiger partial charge in [-0.2, -0.15) is 0 Å². The van der Waals surface area contributed by atoms with Crippen LogP contribution in [0.3, 0.4) is 0 Å². The number of hydrogen-bond acceptors (Lipinski definition) is 2. The molecule has 1 fully saturated rings. The summed E-state index contributed by atoms with van der Waals surface area (Å²) >= 11 is 0. The van der Waals surface area contributed by atoms with E-state index in [-0.39, 0.29) is 18.0 Å². The molecule has 0 bridgehead atoms. The van der Waals surface area contributed by atoms with Crippen molar-refractivity contribution in [1.29, 1.82) is 0 Å². The molecule has 0 saturated heterocycles. The van der Waals surface area contributed by atoms with Crippen LogP contribution >= 0.6 is 0 Å². The zero-order valence-corrected chi connectivity index (χ0v) is 11.8. The fraction of sp³-hybridized carbons (Fsp3) is 0.625. The van der Waals surface area contributed by atoms with Gasteiger partial charge in [-0.1, -0.05) is 26.0 Å². The molecule has 1 aliphatic carbocycles. The first-order valence-corrected chi connectivity index (χ1v) is 7.19. The third kappa shape index (κ3) is 4.02. The molecule has 3 atom stereocenters. The molecule has 0 spiro atoms. The van der Waals surface area contributed by atoms with Gasteiger partial charge in [-0.3, -0.25) is 0 Å². The molecule has 1 aromatic rings. The fourth-order valence-electron chi connectivity index (χ4n) is 3.16. The predicted octanol–water partition coefficient (Wildman–Crippen LogP) is 3.67. The molecular weight excluding hydrogens is 241 g/mol. The van der Waals surface area contributed by atoms with Crippen LogP contribution in [0.25, 0.3) is 0 Å². The molecule has 1 aromatic carbocycles. The second-order valence-corrected chi connectivity index (χ2v) is 5.95. The molecule has 19 heavy (non-hydrogen) atoms. The largest absolute Gasteiger partial charge is 0.369 e. The number of benzene rings is 1. The van der Waals surface area contributed by atoms with Crippen LogP contribution in [0.5, 0.6) is 0 Å². The van der Waals surface area contributed by atoms with E-state index >= 15 is 0 Å². The molecule has 2 nitrogen and oxygen atoms in total. The number of rotatable bonds is 4. The van der Waals surface area contributed by atoms with Gasteiger partial charge < -0.3 is 10.5 Å². The van der Waals surface area contributed by atoms with Crippen LogP contribution in [0.4, 0.5) is 4.39 Å². The molecule has 0 aromatic heterocycles. The molecule has 2 N–H and O–H groups in total. The minimum absolute atomic E-state index is 0.122. The number of halogens is 1. The summed E-state index contributed by atoms with van der Waals surface area (Å²) in [7, 11) is 0. The minimum Gasteiger partial charge on any atom is -0.369 e. The highest BCUT2D eigenvalue weighted by Crippen LogP contribution is 2.33. The lowest BCUT2D eigenvalue weighted by molar-refractivity contribution is -0.0466. The number of nitrogens with two attached hydrogens (primary N) is 1. The Morgan fingerprint density at radius 2 is 1.74 bits per heavy atom. The Hall–Kier alpha value is -0.930. The second-order valence-electron chi connectivity index (χ2n) is 5.95. The Balaban J connectivity index is 2.00. The van der Waals surface area contributed by atoms with E-state index in [0.29, 0.717) is 18.4 Å². The van der Waals surface area contributed by atoms with Gasteiger partial charge in [0.2, 0.25) is 0 Å². The van der Waals surface area contributed by atoms with Crippen molar-refractivity contribution >= 4 is 0 Å². The molecule has 0 amide bonds. The van der Waals surface area contributed by atoms with Crippen molar-refractivity contribution < 1.29 is 9.13 Å². The summed E-state index contributed by atoms with van der Waals surface area (Å²) in [5, 5.41) is 0. The normalized spacial score (nSPS) is 29.2. The smallest absolute Gasteiger partial charge is 0.123 e. The molecule has 3 unspecified atom stereocenters.